The first-order chi connectivity index (χ1) is 8.20. The molecule has 1 aromatic carbocycles. The predicted molar refractivity (Wildman–Crippen MR) is 66.7 cm³/mol. The Morgan fingerprint density at radius 3 is 2.53 bits per heavy atom. The third-order valence-corrected chi connectivity index (χ3v) is 2.75. The molecule has 0 unspecified atom stereocenters. The molecule has 0 saturated carbocycles. The van der Waals surface area contributed by atoms with Crippen molar-refractivity contribution < 1.29 is 9.84 Å². The van der Waals surface area contributed by atoms with E-state index in [1.807, 2.05) is 12.1 Å². The van der Waals surface area contributed by atoms with Gasteiger partial charge < -0.3 is 9.84 Å². The van der Waals surface area contributed by atoms with Gasteiger partial charge >= 0.3 is 0 Å². The van der Waals surface area contributed by atoms with E-state index < -0.39 is 0 Å². The number of nitrogens with zero attached hydrogens (tertiary/aromatic N) is 1. The van der Waals surface area contributed by atoms with Gasteiger partial charge in [0.05, 0.1) is 22.3 Å². The Kier molecular flexibility index (Phi) is 3.84. The van der Waals surface area contributed by atoms with Crippen molar-refractivity contribution in [2.24, 2.45) is 0 Å². The summed E-state index contributed by atoms with van der Waals surface area (Å²) in [5.74, 6) is 0.847. The van der Waals surface area contributed by atoms with Gasteiger partial charge in [0.2, 0.25) is 5.88 Å². The van der Waals surface area contributed by atoms with Crippen molar-refractivity contribution in [2.75, 3.05) is 0 Å². The quantitative estimate of drug-likeness (QED) is 0.925. The monoisotopic (exact) mass is 269 g/mol. The predicted octanol–water partition coefficient (Wildman–Crippen LogP) is 3.67. The summed E-state index contributed by atoms with van der Waals surface area (Å²) in [6.07, 6.45) is 0. The lowest BCUT2D eigenvalue weighted by Gasteiger charge is -2.07. The lowest BCUT2D eigenvalue weighted by Crippen LogP contribution is -1.94. The molecule has 0 amide bonds. The normalized spacial score (nSPS) is 10.3. The fourth-order valence-corrected chi connectivity index (χ4v) is 1.61. The van der Waals surface area contributed by atoms with E-state index in [4.69, 9.17) is 33.0 Å². The summed E-state index contributed by atoms with van der Waals surface area (Å²) in [7, 11) is 0. The molecule has 0 aliphatic carbocycles. The van der Waals surface area contributed by atoms with Gasteiger partial charge in [-0.25, -0.2) is 4.98 Å². The highest BCUT2D eigenvalue weighted by Gasteiger charge is 2.06. The number of aliphatic hydroxyl groups is 1. The Morgan fingerprint density at radius 2 is 1.82 bits per heavy atom. The summed E-state index contributed by atoms with van der Waals surface area (Å²) < 4.78 is 5.49. The average Bonchev–Trinajstić information content (AvgIpc) is 2.34. The van der Waals surface area contributed by atoms with Crippen molar-refractivity contribution in [3.05, 3.63) is 52.1 Å². The fourth-order valence-electron chi connectivity index (χ4n) is 1.27. The van der Waals surface area contributed by atoms with Gasteiger partial charge in [0.15, 0.2) is 0 Å². The molecule has 1 aromatic heterocycles. The number of para-hydroxylation sites is 1. The Labute approximate surface area is 109 Å². The zero-order chi connectivity index (χ0) is 12.3. The van der Waals surface area contributed by atoms with Crippen LogP contribution < -0.4 is 4.74 Å². The SMILES string of the molecule is OCc1nc(Oc2ccccc2Cl)ccc1Cl. The minimum absolute atomic E-state index is 0.238. The number of pyridine rings is 1. The highest BCUT2D eigenvalue weighted by Crippen LogP contribution is 2.28. The second-order valence-electron chi connectivity index (χ2n) is 3.27. The molecule has 0 radical (unpaired) electrons. The second kappa shape index (κ2) is 5.36. The molecule has 0 spiro atoms. The summed E-state index contributed by atoms with van der Waals surface area (Å²) in [6.45, 7) is -0.238. The smallest absolute Gasteiger partial charge is 0.219 e. The van der Waals surface area contributed by atoms with Crippen LogP contribution in [0.4, 0.5) is 0 Å². The molecular weight excluding hydrogens is 261 g/mol. The molecule has 0 fully saturated rings. The average molecular weight is 270 g/mol. The summed E-state index contributed by atoms with van der Waals surface area (Å²) >= 11 is 11.8. The van der Waals surface area contributed by atoms with Crippen LogP contribution >= 0.6 is 23.2 Å². The minimum Gasteiger partial charge on any atom is -0.437 e. The van der Waals surface area contributed by atoms with Crippen LogP contribution in [0.5, 0.6) is 11.6 Å². The van der Waals surface area contributed by atoms with Crippen molar-refractivity contribution in [3.8, 4) is 11.6 Å². The van der Waals surface area contributed by atoms with Crippen molar-refractivity contribution in [2.45, 2.75) is 6.61 Å². The first-order valence-corrected chi connectivity index (χ1v) is 5.65. The maximum absolute atomic E-state index is 9.03. The highest BCUT2D eigenvalue weighted by atomic mass is 35.5. The van der Waals surface area contributed by atoms with Gasteiger partial charge in [-0.3, -0.25) is 0 Å². The number of benzene rings is 1. The van der Waals surface area contributed by atoms with E-state index in [9.17, 15) is 0 Å². The molecule has 0 aliphatic rings. The first kappa shape index (κ1) is 12.2. The Balaban J connectivity index is 2.28. The Hall–Kier alpha value is -1.29. The van der Waals surface area contributed by atoms with Crippen LogP contribution in [0.3, 0.4) is 0 Å². The summed E-state index contributed by atoms with van der Waals surface area (Å²) in [6, 6.07) is 10.3. The maximum atomic E-state index is 9.03. The van der Waals surface area contributed by atoms with Crippen LogP contribution in [0.2, 0.25) is 10.0 Å². The van der Waals surface area contributed by atoms with Gasteiger partial charge in [-0.1, -0.05) is 35.3 Å². The standard InChI is InChI=1S/C12H9Cl2NO2/c13-8-5-6-12(15-10(8)7-16)17-11-4-2-1-3-9(11)14/h1-6,16H,7H2. The molecule has 0 bridgehead atoms. The Morgan fingerprint density at radius 1 is 1.06 bits per heavy atom. The van der Waals surface area contributed by atoms with E-state index in [-0.39, 0.29) is 6.61 Å². The maximum Gasteiger partial charge on any atom is 0.219 e. The molecule has 2 rings (SSSR count). The minimum atomic E-state index is -0.238. The molecule has 0 atom stereocenters. The number of halogens is 2. The molecule has 1 heterocycles. The Bertz CT molecular complexity index is 532. The van der Waals surface area contributed by atoms with Crippen molar-refractivity contribution in [3.63, 3.8) is 0 Å². The summed E-state index contributed by atoms with van der Waals surface area (Å²) in [5, 5.41) is 9.93. The van der Waals surface area contributed by atoms with Crippen molar-refractivity contribution in [1.82, 2.24) is 4.98 Å². The van der Waals surface area contributed by atoms with Gasteiger partial charge in [0.1, 0.15) is 5.75 Å². The number of rotatable bonds is 3. The molecule has 5 heteroatoms. The summed E-state index contributed by atoms with van der Waals surface area (Å²) in [5.41, 5.74) is 0.372. The van der Waals surface area contributed by atoms with Gasteiger partial charge in [-0.05, 0) is 18.2 Å². The highest BCUT2D eigenvalue weighted by molar-refractivity contribution is 6.32. The number of hydrogen-bond acceptors (Lipinski definition) is 3. The molecule has 0 saturated heterocycles. The number of aromatic nitrogens is 1. The zero-order valence-electron chi connectivity index (χ0n) is 8.73. The largest absolute Gasteiger partial charge is 0.437 e. The van der Waals surface area contributed by atoms with E-state index in [1.54, 1.807) is 24.3 Å². The van der Waals surface area contributed by atoms with E-state index in [0.717, 1.165) is 0 Å². The van der Waals surface area contributed by atoms with Gasteiger partial charge in [0, 0.05) is 6.07 Å². The molecule has 2 aromatic rings. The molecular formula is C12H9Cl2NO2. The lowest BCUT2D eigenvalue weighted by atomic mass is 10.3. The molecule has 88 valence electrons. The summed E-state index contributed by atoms with van der Waals surface area (Å²) in [4.78, 5) is 4.06. The van der Waals surface area contributed by atoms with Crippen molar-refractivity contribution in [1.29, 1.82) is 0 Å². The van der Waals surface area contributed by atoms with Crippen molar-refractivity contribution >= 4 is 23.2 Å². The van der Waals surface area contributed by atoms with E-state index in [1.165, 1.54) is 0 Å². The third-order valence-electron chi connectivity index (χ3n) is 2.09. The topological polar surface area (TPSA) is 42.4 Å². The fraction of sp³-hybridized carbons (Fsp3) is 0.0833. The number of aliphatic hydroxyl groups excluding tert-OH is 1. The number of hydrogen-bond donors (Lipinski definition) is 1. The van der Waals surface area contributed by atoms with E-state index in [0.29, 0.717) is 27.4 Å². The van der Waals surface area contributed by atoms with Gasteiger partial charge in [0.25, 0.3) is 0 Å². The van der Waals surface area contributed by atoms with Crippen LogP contribution in [0.15, 0.2) is 36.4 Å². The number of ether oxygens (including phenoxy) is 1. The van der Waals surface area contributed by atoms with Crippen LogP contribution in [0.1, 0.15) is 5.69 Å². The van der Waals surface area contributed by atoms with Gasteiger partial charge in [-0.2, -0.15) is 0 Å². The lowest BCUT2D eigenvalue weighted by molar-refractivity contribution is 0.275. The first-order valence-electron chi connectivity index (χ1n) is 4.89. The van der Waals surface area contributed by atoms with Crippen LogP contribution in [-0.4, -0.2) is 10.1 Å². The molecule has 0 aliphatic heterocycles. The van der Waals surface area contributed by atoms with E-state index >= 15 is 0 Å². The van der Waals surface area contributed by atoms with Crippen LogP contribution in [0.25, 0.3) is 0 Å². The van der Waals surface area contributed by atoms with Crippen LogP contribution in [-0.2, 0) is 6.61 Å². The molecule has 17 heavy (non-hydrogen) atoms. The van der Waals surface area contributed by atoms with E-state index in [2.05, 4.69) is 4.98 Å². The third kappa shape index (κ3) is 2.88. The van der Waals surface area contributed by atoms with Gasteiger partial charge in [-0.15, -0.1) is 0 Å². The molecule has 1 N–H and O–H groups in total. The van der Waals surface area contributed by atoms with Crippen LogP contribution in [0, 0.1) is 0 Å². The second-order valence-corrected chi connectivity index (χ2v) is 4.08. The zero-order valence-corrected chi connectivity index (χ0v) is 10.2. The molecule has 3 nitrogen and oxygen atoms in total.